The molecule has 0 aliphatic carbocycles. The highest BCUT2D eigenvalue weighted by Crippen LogP contribution is 2.28. The number of alkyl halides is 3. The second kappa shape index (κ2) is 3.66. The van der Waals surface area contributed by atoms with Crippen molar-refractivity contribution in [3.05, 3.63) is 30.5 Å². The van der Waals surface area contributed by atoms with Crippen molar-refractivity contribution in [1.29, 1.82) is 0 Å². The van der Waals surface area contributed by atoms with Crippen LogP contribution in [0.4, 0.5) is 13.2 Å². The predicted molar refractivity (Wildman–Crippen MR) is 51.8 cm³/mol. The maximum atomic E-state index is 12.0. The summed E-state index contributed by atoms with van der Waals surface area (Å²) in [6.45, 7) is 0. The highest BCUT2D eigenvalue weighted by Gasteiger charge is 2.48. The topological polar surface area (TPSA) is 56.5 Å². The van der Waals surface area contributed by atoms with Gasteiger partial charge in [-0.2, -0.15) is 21.6 Å². The molecule has 0 aliphatic rings. The summed E-state index contributed by atoms with van der Waals surface area (Å²) in [5.41, 5.74) is -5.03. The van der Waals surface area contributed by atoms with E-state index in [1.807, 2.05) is 0 Å². The summed E-state index contributed by atoms with van der Waals surface area (Å²) in [7, 11) is -5.63. The van der Waals surface area contributed by atoms with Crippen LogP contribution in [0.5, 0.6) is 5.75 Å². The molecule has 0 spiro atoms. The summed E-state index contributed by atoms with van der Waals surface area (Å²) in [6.07, 6.45) is 1.33. The molecule has 0 N–H and O–H groups in total. The zero-order valence-corrected chi connectivity index (χ0v) is 8.88. The second-order valence-corrected chi connectivity index (χ2v) is 4.64. The van der Waals surface area contributed by atoms with Crippen LogP contribution in [-0.2, 0) is 10.1 Å². The van der Waals surface area contributed by atoms with Crippen molar-refractivity contribution >= 4 is 21.1 Å². The van der Waals surface area contributed by atoms with Crippen molar-refractivity contribution in [1.82, 2.24) is 0 Å². The molecule has 2 aromatic rings. The average molecular weight is 266 g/mol. The molecule has 17 heavy (non-hydrogen) atoms. The number of hydrogen-bond donors (Lipinski definition) is 0. The van der Waals surface area contributed by atoms with Gasteiger partial charge in [0.1, 0.15) is 11.3 Å². The number of rotatable bonds is 2. The van der Waals surface area contributed by atoms with Crippen molar-refractivity contribution in [3.8, 4) is 5.75 Å². The minimum atomic E-state index is -5.63. The van der Waals surface area contributed by atoms with E-state index in [1.54, 1.807) is 0 Å². The Labute approximate surface area is 93.7 Å². The van der Waals surface area contributed by atoms with Crippen molar-refractivity contribution in [2.75, 3.05) is 0 Å². The lowest BCUT2D eigenvalue weighted by molar-refractivity contribution is -0.0500. The van der Waals surface area contributed by atoms with Crippen LogP contribution in [0.2, 0.25) is 0 Å². The van der Waals surface area contributed by atoms with E-state index >= 15 is 0 Å². The lowest BCUT2D eigenvalue weighted by atomic mass is 10.2. The minimum absolute atomic E-state index is 0.418. The van der Waals surface area contributed by atoms with E-state index in [0.717, 1.165) is 12.1 Å². The van der Waals surface area contributed by atoms with Crippen LogP contribution >= 0.6 is 0 Å². The highest BCUT2D eigenvalue weighted by molar-refractivity contribution is 7.88. The van der Waals surface area contributed by atoms with Gasteiger partial charge in [0.2, 0.25) is 0 Å². The van der Waals surface area contributed by atoms with Gasteiger partial charge in [-0.3, -0.25) is 0 Å². The Kier molecular flexibility index (Phi) is 2.53. The fourth-order valence-electron chi connectivity index (χ4n) is 1.17. The third kappa shape index (κ3) is 2.21. The van der Waals surface area contributed by atoms with Crippen LogP contribution in [0.15, 0.2) is 34.9 Å². The van der Waals surface area contributed by atoms with Gasteiger partial charge in [0, 0.05) is 5.39 Å². The van der Waals surface area contributed by atoms with E-state index in [1.165, 1.54) is 18.4 Å². The maximum absolute atomic E-state index is 12.0. The second-order valence-electron chi connectivity index (χ2n) is 3.10. The van der Waals surface area contributed by atoms with Crippen molar-refractivity contribution in [3.63, 3.8) is 0 Å². The molecular formula is C9H5F3O4S. The van der Waals surface area contributed by atoms with Gasteiger partial charge >= 0.3 is 15.6 Å². The van der Waals surface area contributed by atoms with Crippen molar-refractivity contribution < 1.29 is 30.2 Å². The number of furan rings is 1. The Bertz CT molecular complexity index is 642. The maximum Gasteiger partial charge on any atom is 0.534 e. The number of fused-ring (bicyclic) bond motifs is 1. The quantitative estimate of drug-likeness (QED) is 0.619. The summed E-state index contributed by atoms with van der Waals surface area (Å²) in [5.74, 6) is -0.420. The SMILES string of the molecule is O=S(=O)(Oc1ccc2occc2c1)C(F)(F)F. The first-order chi connectivity index (χ1) is 7.79. The first-order valence-corrected chi connectivity index (χ1v) is 5.68. The van der Waals surface area contributed by atoms with Crippen LogP contribution in [0.1, 0.15) is 0 Å². The summed E-state index contributed by atoms with van der Waals surface area (Å²) >= 11 is 0. The Morgan fingerprint density at radius 2 is 1.88 bits per heavy atom. The van der Waals surface area contributed by atoms with Gasteiger partial charge in [0.15, 0.2) is 0 Å². The molecule has 0 fully saturated rings. The van der Waals surface area contributed by atoms with Crippen LogP contribution < -0.4 is 4.18 Å². The normalized spacial score (nSPS) is 12.9. The minimum Gasteiger partial charge on any atom is -0.464 e. The molecule has 4 nitrogen and oxygen atoms in total. The van der Waals surface area contributed by atoms with E-state index in [0.29, 0.717) is 11.0 Å². The summed E-state index contributed by atoms with van der Waals surface area (Å²) in [6, 6.07) is 5.01. The van der Waals surface area contributed by atoms with Gasteiger partial charge in [-0.15, -0.1) is 0 Å². The Hall–Kier alpha value is -1.70. The smallest absolute Gasteiger partial charge is 0.464 e. The van der Waals surface area contributed by atoms with Crippen LogP contribution in [0.25, 0.3) is 11.0 Å². The fourth-order valence-corrected chi connectivity index (χ4v) is 1.62. The van der Waals surface area contributed by atoms with E-state index in [-0.39, 0.29) is 0 Å². The van der Waals surface area contributed by atoms with E-state index < -0.39 is 21.4 Å². The molecule has 0 saturated heterocycles. The first-order valence-electron chi connectivity index (χ1n) is 4.28. The predicted octanol–water partition coefficient (Wildman–Crippen LogP) is 2.66. The third-order valence-electron chi connectivity index (χ3n) is 1.91. The fraction of sp³-hybridized carbons (Fsp3) is 0.111. The summed E-state index contributed by atoms with van der Waals surface area (Å²) < 4.78 is 66.5. The van der Waals surface area contributed by atoms with Gasteiger partial charge in [-0.25, -0.2) is 0 Å². The molecule has 0 radical (unpaired) electrons. The molecule has 0 bridgehead atoms. The van der Waals surface area contributed by atoms with Crippen LogP contribution in [0, 0.1) is 0 Å². The van der Waals surface area contributed by atoms with E-state index in [2.05, 4.69) is 4.18 Å². The van der Waals surface area contributed by atoms with Gasteiger partial charge in [0.25, 0.3) is 0 Å². The molecule has 0 unspecified atom stereocenters. The van der Waals surface area contributed by atoms with Crippen molar-refractivity contribution in [2.24, 2.45) is 0 Å². The molecule has 1 heterocycles. The van der Waals surface area contributed by atoms with Crippen LogP contribution in [0.3, 0.4) is 0 Å². The molecule has 0 saturated carbocycles. The van der Waals surface area contributed by atoms with Gasteiger partial charge in [0.05, 0.1) is 6.26 Å². The Morgan fingerprint density at radius 3 is 2.53 bits per heavy atom. The first kappa shape index (κ1) is 11.8. The Balaban J connectivity index is 2.36. The standard InChI is InChI=1S/C9H5F3O4S/c10-9(11,12)17(13,14)16-7-1-2-8-6(5-7)3-4-15-8/h1-5H. The number of hydrogen-bond acceptors (Lipinski definition) is 4. The molecular weight excluding hydrogens is 261 g/mol. The zero-order valence-electron chi connectivity index (χ0n) is 8.06. The molecule has 1 aromatic carbocycles. The number of halogens is 3. The van der Waals surface area contributed by atoms with Crippen LogP contribution in [-0.4, -0.2) is 13.9 Å². The van der Waals surface area contributed by atoms with Gasteiger partial charge < -0.3 is 8.60 Å². The molecule has 0 atom stereocenters. The monoisotopic (exact) mass is 266 g/mol. The summed E-state index contributed by atoms with van der Waals surface area (Å²) in [5, 5.41) is 0.444. The lowest BCUT2D eigenvalue weighted by Crippen LogP contribution is -2.27. The molecule has 0 amide bonds. The molecule has 92 valence electrons. The van der Waals surface area contributed by atoms with E-state index in [4.69, 9.17) is 4.42 Å². The average Bonchev–Trinajstić information content (AvgIpc) is 2.62. The Morgan fingerprint density at radius 1 is 1.18 bits per heavy atom. The van der Waals surface area contributed by atoms with Crippen molar-refractivity contribution in [2.45, 2.75) is 5.51 Å². The van der Waals surface area contributed by atoms with Gasteiger partial charge in [-0.1, -0.05) is 0 Å². The summed E-state index contributed by atoms with van der Waals surface area (Å²) in [4.78, 5) is 0. The largest absolute Gasteiger partial charge is 0.534 e. The van der Waals surface area contributed by atoms with E-state index in [9.17, 15) is 21.6 Å². The molecule has 1 aromatic heterocycles. The highest BCUT2D eigenvalue weighted by atomic mass is 32.2. The molecule has 0 aliphatic heterocycles. The lowest BCUT2D eigenvalue weighted by Gasteiger charge is -2.08. The number of benzene rings is 1. The van der Waals surface area contributed by atoms with Gasteiger partial charge in [-0.05, 0) is 24.3 Å². The molecule has 2 rings (SSSR count). The zero-order chi connectivity index (χ0) is 12.7. The molecule has 8 heteroatoms. The third-order valence-corrected chi connectivity index (χ3v) is 2.89.